The molecule has 0 aliphatic rings. The van der Waals surface area contributed by atoms with E-state index in [0.717, 1.165) is 12.2 Å². The lowest BCUT2D eigenvalue weighted by Gasteiger charge is -2.20. The van der Waals surface area contributed by atoms with Gasteiger partial charge in [0.2, 0.25) is 0 Å². The van der Waals surface area contributed by atoms with Gasteiger partial charge in [0.15, 0.2) is 9.84 Å². The van der Waals surface area contributed by atoms with E-state index < -0.39 is 9.84 Å². The van der Waals surface area contributed by atoms with Crippen LogP contribution < -0.4 is 10.6 Å². The number of nitrogens with zero attached hydrogens (tertiary/aromatic N) is 1. The first-order valence-corrected chi connectivity index (χ1v) is 8.48. The molecule has 2 N–H and O–H groups in total. The molecule has 0 bridgehead atoms. The lowest BCUT2D eigenvalue weighted by molar-refractivity contribution is 0.602. The zero-order valence-electron chi connectivity index (χ0n) is 10.8. The first-order chi connectivity index (χ1) is 8.88. The van der Waals surface area contributed by atoms with Crippen LogP contribution in [0.3, 0.4) is 0 Å². The second kappa shape index (κ2) is 5.22. The van der Waals surface area contributed by atoms with Gasteiger partial charge in [0.25, 0.3) is 0 Å². The number of nitrogen functional groups attached to an aromatic ring is 1. The molecule has 0 amide bonds. The maximum atomic E-state index is 11.5. The van der Waals surface area contributed by atoms with Crippen LogP contribution >= 0.6 is 11.3 Å². The van der Waals surface area contributed by atoms with Crippen LogP contribution in [-0.4, -0.2) is 21.7 Å². The van der Waals surface area contributed by atoms with Crippen molar-refractivity contribution in [3.05, 3.63) is 40.6 Å². The van der Waals surface area contributed by atoms with Crippen LogP contribution in [0.5, 0.6) is 0 Å². The van der Waals surface area contributed by atoms with Crippen LogP contribution in [0.15, 0.2) is 40.6 Å². The standard InChI is InChI=1S/C13H16N2O2S2/c1-15(9-10-4-3-7-18-10)13-6-5-11(8-12(13)14)19(2,16)17/h3-8H,9,14H2,1-2H3. The largest absolute Gasteiger partial charge is 0.397 e. The lowest BCUT2D eigenvalue weighted by atomic mass is 10.2. The Morgan fingerprint density at radius 2 is 2.05 bits per heavy atom. The topological polar surface area (TPSA) is 63.4 Å². The molecule has 1 aromatic carbocycles. The van der Waals surface area contributed by atoms with E-state index >= 15 is 0 Å². The number of benzene rings is 1. The Morgan fingerprint density at radius 1 is 1.32 bits per heavy atom. The van der Waals surface area contributed by atoms with Crippen molar-refractivity contribution >= 4 is 32.5 Å². The van der Waals surface area contributed by atoms with Crippen LogP contribution in [0.4, 0.5) is 11.4 Å². The molecule has 0 fully saturated rings. The summed E-state index contributed by atoms with van der Waals surface area (Å²) in [6.07, 6.45) is 1.18. The van der Waals surface area contributed by atoms with Gasteiger partial charge >= 0.3 is 0 Å². The third kappa shape index (κ3) is 3.27. The number of nitrogens with two attached hydrogens (primary N) is 1. The first-order valence-electron chi connectivity index (χ1n) is 5.71. The molecule has 102 valence electrons. The quantitative estimate of drug-likeness (QED) is 0.880. The van der Waals surface area contributed by atoms with Crippen LogP contribution in [0.25, 0.3) is 0 Å². The molecule has 0 aliphatic heterocycles. The number of hydrogen-bond donors (Lipinski definition) is 1. The minimum atomic E-state index is -3.21. The molecule has 0 unspecified atom stereocenters. The van der Waals surface area contributed by atoms with E-state index in [1.807, 2.05) is 23.4 Å². The highest BCUT2D eigenvalue weighted by Gasteiger charge is 2.12. The molecule has 0 spiro atoms. The summed E-state index contributed by atoms with van der Waals surface area (Å²) in [7, 11) is -1.28. The van der Waals surface area contributed by atoms with Crippen LogP contribution in [-0.2, 0) is 16.4 Å². The maximum absolute atomic E-state index is 11.5. The Morgan fingerprint density at radius 3 is 2.58 bits per heavy atom. The minimum Gasteiger partial charge on any atom is -0.397 e. The summed E-state index contributed by atoms with van der Waals surface area (Å²) < 4.78 is 22.9. The van der Waals surface area contributed by atoms with Gasteiger partial charge in [-0.05, 0) is 29.6 Å². The SMILES string of the molecule is CN(Cc1cccs1)c1ccc(S(C)(=O)=O)cc1N. The van der Waals surface area contributed by atoms with E-state index in [2.05, 4.69) is 6.07 Å². The molecule has 0 saturated heterocycles. The highest BCUT2D eigenvalue weighted by atomic mass is 32.2. The van der Waals surface area contributed by atoms with Crippen LogP contribution in [0.2, 0.25) is 0 Å². The second-order valence-corrected chi connectivity index (χ2v) is 7.48. The normalized spacial score (nSPS) is 11.5. The van der Waals surface area contributed by atoms with Crippen LogP contribution in [0, 0.1) is 0 Å². The van der Waals surface area contributed by atoms with Gasteiger partial charge in [-0.25, -0.2) is 8.42 Å². The molecule has 1 aromatic heterocycles. The summed E-state index contributed by atoms with van der Waals surface area (Å²) in [5, 5.41) is 2.03. The minimum absolute atomic E-state index is 0.248. The third-order valence-corrected chi connectivity index (χ3v) is 4.78. The number of hydrogen-bond acceptors (Lipinski definition) is 5. The zero-order chi connectivity index (χ0) is 14.0. The molecule has 2 aromatic rings. The van der Waals surface area contributed by atoms with Crippen molar-refractivity contribution in [3.8, 4) is 0 Å². The fourth-order valence-electron chi connectivity index (χ4n) is 1.83. The average Bonchev–Trinajstić information content (AvgIpc) is 2.80. The Kier molecular flexibility index (Phi) is 3.82. The maximum Gasteiger partial charge on any atom is 0.175 e. The first kappa shape index (κ1) is 13.9. The average molecular weight is 296 g/mol. The Labute approximate surface area is 117 Å². The molecule has 0 atom stereocenters. The van der Waals surface area contributed by atoms with E-state index in [9.17, 15) is 8.42 Å². The monoisotopic (exact) mass is 296 g/mol. The molecular formula is C13H16N2O2S2. The zero-order valence-corrected chi connectivity index (χ0v) is 12.5. The van der Waals surface area contributed by atoms with Gasteiger partial charge in [0, 0.05) is 18.2 Å². The second-order valence-electron chi connectivity index (χ2n) is 4.43. The van der Waals surface area contributed by atoms with E-state index in [0.29, 0.717) is 5.69 Å². The Hall–Kier alpha value is -1.53. The fourth-order valence-corrected chi connectivity index (χ4v) is 3.25. The number of thiophene rings is 1. The van der Waals surface area contributed by atoms with Gasteiger partial charge in [-0.2, -0.15) is 0 Å². The van der Waals surface area contributed by atoms with Gasteiger partial charge in [-0.3, -0.25) is 0 Å². The predicted octanol–water partition coefficient (Wildman–Crippen LogP) is 2.37. The van der Waals surface area contributed by atoms with Crippen molar-refractivity contribution in [1.82, 2.24) is 0 Å². The van der Waals surface area contributed by atoms with Gasteiger partial charge in [0.1, 0.15) is 0 Å². The van der Waals surface area contributed by atoms with E-state index in [-0.39, 0.29) is 4.90 Å². The fraction of sp³-hybridized carbons (Fsp3) is 0.231. The molecule has 1 heterocycles. The van der Waals surface area contributed by atoms with Crippen molar-refractivity contribution < 1.29 is 8.42 Å². The third-order valence-electron chi connectivity index (χ3n) is 2.81. The Balaban J connectivity index is 2.26. The number of sulfone groups is 1. The van der Waals surface area contributed by atoms with Crippen molar-refractivity contribution in [2.24, 2.45) is 0 Å². The highest BCUT2D eigenvalue weighted by molar-refractivity contribution is 7.90. The van der Waals surface area contributed by atoms with Gasteiger partial charge in [-0.1, -0.05) is 6.07 Å². The van der Waals surface area contributed by atoms with Gasteiger partial charge in [0.05, 0.1) is 22.8 Å². The molecule has 6 heteroatoms. The summed E-state index contributed by atoms with van der Waals surface area (Å²) in [5.74, 6) is 0. The highest BCUT2D eigenvalue weighted by Crippen LogP contribution is 2.27. The predicted molar refractivity (Wildman–Crippen MR) is 80.4 cm³/mol. The summed E-state index contributed by atoms with van der Waals surface area (Å²) in [5.41, 5.74) is 7.25. The van der Waals surface area contributed by atoms with Gasteiger partial charge in [-0.15, -0.1) is 11.3 Å². The lowest BCUT2D eigenvalue weighted by Crippen LogP contribution is -2.17. The smallest absolute Gasteiger partial charge is 0.175 e. The van der Waals surface area contributed by atoms with Gasteiger partial charge < -0.3 is 10.6 Å². The summed E-state index contributed by atoms with van der Waals surface area (Å²) in [6.45, 7) is 0.750. The number of rotatable bonds is 4. The molecule has 2 rings (SSSR count). The molecule has 19 heavy (non-hydrogen) atoms. The van der Waals surface area contributed by atoms with Crippen molar-refractivity contribution in [2.45, 2.75) is 11.4 Å². The molecule has 0 aliphatic carbocycles. The number of anilines is 2. The Bertz CT molecular complexity index is 664. The summed E-state index contributed by atoms with van der Waals surface area (Å²) >= 11 is 1.68. The molecule has 0 saturated carbocycles. The van der Waals surface area contributed by atoms with E-state index in [1.54, 1.807) is 23.5 Å². The van der Waals surface area contributed by atoms with Crippen molar-refractivity contribution in [2.75, 3.05) is 23.9 Å². The van der Waals surface area contributed by atoms with E-state index in [1.165, 1.54) is 17.2 Å². The van der Waals surface area contributed by atoms with E-state index in [4.69, 9.17) is 5.73 Å². The van der Waals surface area contributed by atoms with Crippen molar-refractivity contribution in [1.29, 1.82) is 0 Å². The van der Waals surface area contributed by atoms with Crippen LogP contribution in [0.1, 0.15) is 4.88 Å². The molecule has 0 radical (unpaired) electrons. The molecular weight excluding hydrogens is 280 g/mol. The summed E-state index contributed by atoms with van der Waals surface area (Å²) in [4.78, 5) is 3.49. The molecule has 4 nitrogen and oxygen atoms in total. The van der Waals surface area contributed by atoms with Crippen molar-refractivity contribution in [3.63, 3.8) is 0 Å². The summed E-state index contributed by atoms with van der Waals surface area (Å²) in [6, 6.07) is 8.91.